The molecule has 0 fully saturated rings. The summed E-state index contributed by atoms with van der Waals surface area (Å²) in [6, 6.07) is 9.86. The van der Waals surface area contributed by atoms with E-state index in [1.165, 1.54) is 6.07 Å². The fraction of sp³-hybridized carbons (Fsp3) is 0.111. The number of carbonyl (C=O) groups excluding carboxylic acids is 1. The molecule has 0 aliphatic rings. The van der Waals surface area contributed by atoms with Crippen molar-refractivity contribution in [1.82, 2.24) is 4.98 Å². The molecule has 0 bridgehead atoms. The van der Waals surface area contributed by atoms with E-state index >= 15 is 0 Å². The summed E-state index contributed by atoms with van der Waals surface area (Å²) in [5, 5.41) is 2.59. The zero-order valence-corrected chi connectivity index (χ0v) is 15.2. The Balaban J connectivity index is 1.65. The largest absolute Gasteiger partial charge is 0.298 e. The van der Waals surface area contributed by atoms with Gasteiger partial charge in [-0.2, -0.15) is 8.78 Å². The summed E-state index contributed by atoms with van der Waals surface area (Å²) < 4.78 is 51.9. The monoisotopic (exact) mass is 412 g/mol. The highest BCUT2D eigenvalue weighted by Crippen LogP contribution is 2.27. The number of amides is 1. The highest BCUT2D eigenvalue weighted by Gasteiger charge is 2.18. The van der Waals surface area contributed by atoms with E-state index in [0.717, 1.165) is 33.9 Å². The predicted octanol–water partition coefficient (Wildman–Crippen LogP) is 5.58. The maximum atomic E-state index is 13.6. The van der Waals surface area contributed by atoms with E-state index in [2.05, 4.69) is 10.3 Å². The molecule has 1 heterocycles. The molecular formula is C18H12F4N2OS2. The third-order valence-corrected chi connectivity index (χ3v) is 5.13. The van der Waals surface area contributed by atoms with Crippen LogP contribution < -0.4 is 5.32 Å². The molecule has 3 aromatic rings. The smallest absolute Gasteiger partial charge is 0.288 e. The van der Waals surface area contributed by atoms with Crippen molar-refractivity contribution in [3.63, 3.8) is 0 Å². The maximum absolute atomic E-state index is 13.6. The van der Waals surface area contributed by atoms with Crippen LogP contribution in [-0.2, 0) is 6.42 Å². The second-order valence-electron chi connectivity index (χ2n) is 5.38. The van der Waals surface area contributed by atoms with Gasteiger partial charge in [0, 0.05) is 22.4 Å². The fourth-order valence-corrected chi connectivity index (χ4v) is 3.65. The van der Waals surface area contributed by atoms with Gasteiger partial charge >= 0.3 is 0 Å². The molecular weight excluding hydrogens is 400 g/mol. The summed E-state index contributed by atoms with van der Waals surface area (Å²) in [6.07, 6.45) is 2.03. The molecule has 1 aromatic heterocycles. The molecule has 0 saturated carbocycles. The van der Waals surface area contributed by atoms with Crippen LogP contribution in [0.2, 0.25) is 0 Å². The number of thiazole rings is 1. The summed E-state index contributed by atoms with van der Waals surface area (Å²) in [6.45, 7) is 0. The van der Waals surface area contributed by atoms with Gasteiger partial charge in [0.05, 0.1) is 0 Å². The number of rotatable bonds is 6. The third-order valence-electron chi connectivity index (χ3n) is 3.49. The van der Waals surface area contributed by atoms with Crippen LogP contribution in [0.1, 0.15) is 20.8 Å². The molecule has 0 spiro atoms. The summed E-state index contributed by atoms with van der Waals surface area (Å²) in [5.74, 6) is -5.29. The molecule has 0 aliphatic heterocycles. The van der Waals surface area contributed by atoms with Gasteiger partial charge in [0.1, 0.15) is 17.2 Å². The number of thioether (sulfide) groups is 1. The predicted molar refractivity (Wildman–Crippen MR) is 97.5 cm³/mol. The Morgan fingerprint density at radius 1 is 1.11 bits per heavy atom. The molecule has 140 valence electrons. The molecule has 0 saturated heterocycles. The van der Waals surface area contributed by atoms with E-state index in [-0.39, 0.29) is 5.13 Å². The Kier molecular flexibility index (Phi) is 6.12. The first-order valence-corrected chi connectivity index (χ1v) is 9.36. The molecule has 2 aromatic carbocycles. The van der Waals surface area contributed by atoms with E-state index in [1.807, 2.05) is 0 Å². The number of aromatic nitrogens is 1. The van der Waals surface area contributed by atoms with Gasteiger partial charge in [-0.25, -0.2) is 13.8 Å². The van der Waals surface area contributed by atoms with Crippen molar-refractivity contribution in [2.24, 2.45) is 0 Å². The third kappa shape index (κ3) is 5.08. The second kappa shape index (κ2) is 8.53. The first-order chi connectivity index (χ1) is 12.9. The molecule has 27 heavy (non-hydrogen) atoms. The number of anilines is 1. The van der Waals surface area contributed by atoms with Crippen molar-refractivity contribution in [2.75, 3.05) is 5.32 Å². The van der Waals surface area contributed by atoms with Crippen molar-refractivity contribution in [3.05, 3.63) is 76.3 Å². The number of benzene rings is 2. The summed E-state index contributed by atoms with van der Waals surface area (Å²) >= 11 is 1.64. The lowest BCUT2D eigenvalue weighted by Crippen LogP contribution is -2.15. The Labute approximate surface area is 160 Å². The summed E-state index contributed by atoms with van der Waals surface area (Å²) in [4.78, 5) is 17.4. The van der Waals surface area contributed by atoms with Crippen LogP contribution in [0.3, 0.4) is 0 Å². The molecule has 1 amide bonds. The lowest BCUT2D eigenvalue weighted by atomic mass is 10.1. The van der Waals surface area contributed by atoms with Gasteiger partial charge in [-0.05, 0) is 29.8 Å². The fourth-order valence-electron chi connectivity index (χ4n) is 2.31. The van der Waals surface area contributed by atoms with Crippen LogP contribution in [0.15, 0.2) is 53.6 Å². The Bertz CT molecular complexity index is 925. The molecule has 3 rings (SSSR count). The minimum atomic E-state index is -2.47. The van der Waals surface area contributed by atoms with Crippen LogP contribution in [0.4, 0.5) is 22.7 Å². The molecule has 0 unspecified atom stereocenters. The first-order valence-electron chi connectivity index (χ1n) is 7.66. The van der Waals surface area contributed by atoms with Gasteiger partial charge in [0.2, 0.25) is 0 Å². The van der Waals surface area contributed by atoms with Crippen molar-refractivity contribution in [3.8, 4) is 0 Å². The van der Waals surface area contributed by atoms with Crippen LogP contribution in [0.5, 0.6) is 0 Å². The molecule has 9 heteroatoms. The minimum Gasteiger partial charge on any atom is -0.298 e. The quantitative estimate of drug-likeness (QED) is 0.425. The van der Waals surface area contributed by atoms with Crippen LogP contribution in [0.25, 0.3) is 0 Å². The van der Waals surface area contributed by atoms with E-state index in [9.17, 15) is 22.4 Å². The van der Waals surface area contributed by atoms with Gasteiger partial charge in [-0.1, -0.05) is 30.0 Å². The Hall–Kier alpha value is -2.39. The van der Waals surface area contributed by atoms with Crippen molar-refractivity contribution >= 4 is 34.1 Å². The Morgan fingerprint density at radius 2 is 1.78 bits per heavy atom. The van der Waals surface area contributed by atoms with Crippen LogP contribution in [0, 0.1) is 11.6 Å². The highest BCUT2D eigenvalue weighted by atomic mass is 32.2. The number of nitrogens with zero attached hydrogens (tertiary/aromatic N) is 1. The van der Waals surface area contributed by atoms with E-state index in [4.69, 9.17) is 0 Å². The van der Waals surface area contributed by atoms with Crippen molar-refractivity contribution in [1.29, 1.82) is 0 Å². The maximum Gasteiger partial charge on any atom is 0.288 e. The van der Waals surface area contributed by atoms with Gasteiger partial charge in [-0.15, -0.1) is 11.3 Å². The first kappa shape index (κ1) is 19.4. The zero-order valence-electron chi connectivity index (χ0n) is 13.6. The second-order valence-corrected chi connectivity index (χ2v) is 7.56. The molecule has 0 atom stereocenters. The normalized spacial score (nSPS) is 11.0. The SMILES string of the molecule is O=C(Nc1ncc(Cc2ccc(SC(F)F)cc2)s1)c1c(F)cccc1F. The summed E-state index contributed by atoms with van der Waals surface area (Å²) in [7, 11) is 0. The van der Waals surface area contributed by atoms with Crippen molar-refractivity contribution in [2.45, 2.75) is 17.1 Å². The number of carbonyl (C=O) groups is 1. The number of nitrogens with one attached hydrogen (secondary N) is 1. The average molecular weight is 412 g/mol. The van der Waals surface area contributed by atoms with E-state index in [1.54, 1.807) is 30.5 Å². The summed E-state index contributed by atoms with van der Waals surface area (Å²) in [5.41, 5.74) is 0.219. The molecule has 0 radical (unpaired) electrons. The van der Waals surface area contributed by atoms with Gasteiger partial charge in [0.25, 0.3) is 11.7 Å². The van der Waals surface area contributed by atoms with Crippen LogP contribution in [-0.4, -0.2) is 16.6 Å². The number of alkyl halides is 2. The van der Waals surface area contributed by atoms with E-state index in [0.29, 0.717) is 23.1 Å². The molecule has 0 aliphatic carbocycles. The molecule has 1 N–H and O–H groups in total. The minimum absolute atomic E-state index is 0.211. The average Bonchev–Trinajstić information content (AvgIpc) is 3.03. The number of hydrogen-bond donors (Lipinski definition) is 1. The van der Waals surface area contributed by atoms with Gasteiger partial charge < -0.3 is 0 Å². The zero-order chi connectivity index (χ0) is 19.4. The lowest BCUT2D eigenvalue weighted by molar-refractivity contribution is 0.101. The van der Waals surface area contributed by atoms with E-state index < -0.39 is 28.9 Å². The Morgan fingerprint density at radius 3 is 2.41 bits per heavy atom. The topological polar surface area (TPSA) is 42.0 Å². The lowest BCUT2D eigenvalue weighted by Gasteiger charge is -2.04. The molecule has 3 nitrogen and oxygen atoms in total. The van der Waals surface area contributed by atoms with Crippen molar-refractivity contribution < 1.29 is 22.4 Å². The van der Waals surface area contributed by atoms with Crippen LogP contribution >= 0.6 is 23.1 Å². The number of hydrogen-bond acceptors (Lipinski definition) is 4. The van der Waals surface area contributed by atoms with Gasteiger partial charge in [0.15, 0.2) is 5.13 Å². The van der Waals surface area contributed by atoms with Gasteiger partial charge in [-0.3, -0.25) is 10.1 Å². The standard InChI is InChI=1S/C18H12F4N2OS2/c19-13-2-1-3-14(20)15(13)16(25)24-18-23-9-12(27-18)8-10-4-6-11(7-5-10)26-17(21)22/h1-7,9,17H,8H2,(H,23,24,25). The highest BCUT2D eigenvalue weighted by molar-refractivity contribution is 7.99. The number of halogens is 4.